The summed E-state index contributed by atoms with van der Waals surface area (Å²) in [5, 5.41) is 3.14. The molecule has 0 saturated heterocycles. The number of urea groups is 1. The van der Waals surface area contributed by atoms with Gasteiger partial charge in [-0.15, -0.1) is 0 Å². The molecule has 0 fully saturated rings. The highest BCUT2D eigenvalue weighted by Crippen LogP contribution is 2.36. The van der Waals surface area contributed by atoms with Gasteiger partial charge in [0, 0.05) is 18.4 Å². The fraction of sp³-hybridized carbons (Fsp3) is 0.148. The Hall–Kier alpha value is -3.79. The number of aromatic nitrogens is 1. The van der Waals surface area contributed by atoms with E-state index in [0.29, 0.717) is 13.1 Å². The Balaban J connectivity index is 1.57. The van der Waals surface area contributed by atoms with Crippen LogP contribution >= 0.6 is 0 Å². The van der Waals surface area contributed by atoms with Crippen LogP contribution in [0.4, 0.5) is 4.79 Å². The first-order valence-corrected chi connectivity index (χ1v) is 10.6. The maximum absolute atomic E-state index is 13.5. The highest BCUT2D eigenvalue weighted by Gasteiger charge is 2.32. The standard InChI is InChI=1S/C27H25N3O/c1-20-9-7-13-22(17-20)26-25-15-8-16-29(25)24-14-6-5-12-23(24)19-30(26)27(31)28-18-21-10-3-2-4-11-21/h2-17,26H,18-19H2,1H3,(H,28,31)/t26-/m1/s1. The normalized spacial score (nSPS) is 15.0. The van der Waals surface area contributed by atoms with Crippen LogP contribution in [-0.4, -0.2) is 15.5 Å². The number of para-hydroxylation sites is 1. The molecule has 2 amide bonds. The summed E-state index contributed by atoms with van der Waals surface area (Å²) < 4.78 is 2.22. The zero-order valence-corrected chi connectivity index (χ0v) is 17.5. The summed E-state index contributed by atoms with van der Waals surface area (Å²) >= 11 is 0. The molecule has 0 unspecified atom stereocenters. The summed E-state index contributed by atoms with van der Waals surface area (Å²) in [6.45, 7) is 3.13. The van der Waals surface area contributed by atoms with Gasteiger partial charge in [-0.25, -0.2) is 4.79 Å². The van der Waals surface area contributed by atoms with E-state index in [1.807, 2.05) is 41.3 Å². The lowest BCUT2D eigenvalue weighted by atomic mass is 10.00. The number of amides is 2. The summed E-state index contributed by atoms with van der Waals surface area (Å²) in [5.41, 5.74) is 6.72. The molecular weight excluding hydrogens is 382 g/mol. The second kappa shape index (κ2) is 8.15. The molecule has 1 aliphatic rings. The molecule has 3 aromatic carbocycles. The Morgan fingerprint density at radius 2 is 1.74 bits per heavy atom. The first-order valence-electron chi connectivity index (χ1n) is 10.6. The highest BCUT2D eigenvalue weighted by atomic mass is 16.2. The molecule has 0 spiro atoms. The lowest BCUT2D eigenvalue weighted by Gasteiger charge is -2.31. The van der Waals surface area contributed by atoms with Crippen molar-refractivity contribution < 1.29 is 4.79 Å². The van der Waals surface area contributed by atoms with E-state index in [9.17, 15) is 4.79 Å². The van der Waals surface area contributed by atoms with Gasteiger partial charge in [-0.2, -0.15) is 0 Å². The molecule has 154 valence electrons. The average molecular weight is 408 g/mol. The Kier molecular flexibility index (Phi) is 5.04. The van der Waals surface area contributed by atoms with E-state index in [2.05, 4.69) is 77.6 Å². The number of fused-ring (bicyclic) bond motifs is 3. The third-order valence-electron chi connectivity index (χ3n) is 5.87. The van der Waals surface area contributed by atoms with E-state index in [-0.39, 0.29) is 12.1 Å². The maximum atomic E-state index is 13.5. The summed E-state index contributed by atoms with van der Waals surface area (Å²) in [4.78, 5) is 15.5. The molecular formula is C27H25N3O. The molecule has 1 aromatic heterocycles. The van der Waals surface area contributed by atoms with Gasteiger partial charge in [0.05, 0.1) is 18.3 Å². The van der Waals surface area contributed by atoms with Crippen molar-refractivity contribution in [2.45, 2.75) is 26.1 Å². The summed E-state index contributed by atoms with van der Waals surface area (Å²) in [6, 6.07) is 30.7. The molecule has 0 radical (unpaired) electrons. The molecule has 2 heterocycles. The largest absolute Gasteiger partial charge is 0.334 e. The van der Waals surface area contributed by atoms with Crippen LogP contribution in [0.5, 0.6) is 0 Å². The number of nitrogens with zero attached hydrogens (tertiary/aromatic N) is 2. The van der Waals surface area contributed by atoms with Crippen LogP contribution in [-0.2, 0) is 13.1 Å². The number of nitrogens with one attached hydrogen (secondary N) is 1. The van der Waals surface area contributed by atoms with Gasteiger partial charge < -0.3 is 14.8 Å². The monoisotopic (exact) mass is 407 g/mol. The molecule has 0 bridgehead atoms. The van der Waals surface area contributed by atoms with Crippen molar-refractivity contribution in [1.82, 2.24) is 14.8 Å². The van der Waals surface area contributed by atoms with Crippen LogP contribution in [0.25, 0.3) is 5.69 Å². The number of rotatable bonds is 3. The summed E-state index contributed by atoms with van der Waals surface area (Å²) in [6.07, 6.45) is 2.09. The van der Waals surface area contributed by atoms with Crippen molar-refractivity contribution in [3.63, 3.8) is 0 Å². The van der Waals surface area contributed by atoms with Crippen molar-refractivity contribution in [1.29, 1.82) is 0 Å². The van der Waals surface area contributed by atoms with Crippen LogP contribution in [0.1, 0.15) is 34.0 Å². The predicted molar refractivity (Wildman–Crippen MR) is 123 cm³/mol. The number of hydrogen-bond donors (Lipinski definition) is 1. The molecule has 5 rings (SSSR count). The number of aryl methyl sites for hydroxylation is 1. The van der Waals surface area contributed by atoms with Crippen LogP contribution < -0.4 is 5.32 Å². The first-order chi connectivity index (χ1) is 15.2. The van der Waals surface area contributed by atoms with E-state index < -0.39 is 0 Å². The Morgan fingerprint density at radius 3 is 2.58 bits per heavy atom. The van der Waals surface area contributed by atoms with Crippen LogP contribution in [0, 0.1) is 6.92 Å². The first kappa shape index (κ1) is 19.2. The van der Waals surface area contributed by atoms with E-state index in [4.69, 9.17) is 0 Å². The molecule has 4 nitrogen and oxygen atoms in total. The molecule has 1 aliphatic heterocycles. The lowest BCUT2D eigenvalue weighted by Crippen LogP contribution is -2.41. The fourth-order valence-corrected chi connectivity index (χ4v) is 4.41. The van der Waals surface area contributed by atoms with Gasteiger partial charge in [0.2, 0.25) is 0 Å². The maximum Gasteiger partial charge on any atom is 0.318 e. The van der Waals surface area contributed by atoms with E-state index >= 15 is 0 Å². The van der Waals surface area contributed by atoms with Gasteiger partial charge in [-0.1, -0.05) is 78.4 Å². The summed E-state index contributed by atoms with van der Waals surface area (Å²) in [5.74, 6) is 0. The second-order valence-corrected chi connectivity index (χ2v) is 8.02. The van der Waals surface area contributed by atoms with E-state index in [1.165, 1.54) is 5.56 Å². The van der Waals surface area contributed by atoms with Gasteiger partial charge in [-0.3, -0.25) is 0 Å². The zero-order valence-electron chi connectivity index (χ0n) is 17.5. The van der Waals surface area contributed by atoms with Crippen molar-refractivity contribution in [3.8, 4) is 5.69 Å². The number of carbonyl (C=O) groups is 1. The number of benzene rings is 3. The SMILES string of the molecule is Cc1cccc([C@@H]2c3cccn3-c3ccccc3CN2C(=O)NCc2ccccc2)c1. The third kappa shape index (κ3) is 3.73. The number of carbonyl (C=O) groups excluding carboxylic acids is 1. The van der Waals surface area contributed by atoms with Crippen molar-refractivity contribution in [3.05, 3.63) is 125 Å². The average Bonchev–Trinajstić information content (AvgIpc) is 3.22. The fourth-order valence-electron chi connectivity index (χ4n) is 4.41. The quantitative estimate of drug-likeness (QED) is 0.472. The molecule has 1 atom stereocenters. The van der Waals surface area contributed by atoms with E-state index in [1.54, 1.807) is 0 Å². The number of hydrogen-bond acceptors (Lipinski definition) is 1. The molecule has 0 saturated carbocycles. The second-order valence-electron chi connectivity index (χ2n) is 8.02. The van der Waals surface area contributed by atoms with Gasteiger partial charge in [-0.05, 0) is 41.8 Å². The molecule has 31 heavy (non-hydrogen) atoms. The zero-order chi connectivity index (χ0) is 21.2. The van der Waals surface area contributed by atoms with Gasteiger partial charge in [0.15, 0.2) is 0 Å². The van der Waals surface area contributed by atoms with Crippen LogP contribution in [0.3, 0.4) is 0 Å². The smallest absolute Gasteiger partial charge is 0.318 e. The minimum atomic E-state index is -0.182. The third-order valence-corrected chi connectivity index (χ3v) is 5.87. The highest BCUT2D eigenvalue weighted by molar-refractivity contribution is 5.76. The Morgan fingerprint density at radius 1 is 0.935 bits per heavy atom. The van der Waals surface area contributed by atoms with E-state index in [0.717, 1.165) is 28.1 Å². The predicted octanol–water partition coefficient (Wildman–Crippen LogP) is 5.60. The van der Waals surface area contributed by atoms with Crippen molar-refractivity contribution >= 4 is 6.03 Å². The van der Waals surface area contributed by atoms with Gasteiger partial charge in [0.1, 0.15) is 0 Å². The molecule has 4 heteroatoms. The van der Waals surface area contributed by atoms with Gasteiger partial charge >= 0.3 is 6.03 Å². The lowest BCUT2D eigenvalue weighted by molar-refractivity contribution is 0.180. The Labute approximate surface area is 182 Å². The van der Waals surface area contributed by atoms with Crippen molar-refractivity contribution in [2.24, 2.45) is 0 Å². The van der Waals surface area contributed by atoms with Crippen molar-refractivity contribution in [2.75, 3.05) is 0 Å². The topological polar surface area (TPSA) is 37.3 Å². The molecule has 1 N–H and O–H groups in total. The molecule has 4 aromatic rings. The van der Waals surface area contributed by atoms with Crippen LogP contribution in [0.15, 0.2) is 97.2 Å². The minimum Gasteiger partial charge on any atom is -0.334 e. The van der Waals surface area contributed by atoms with Crippen LogP contribution in [0.2, 0.25) is 0 Å². The van der Waals surface area contributed by atoms with Gasteiger partial charge in [0.25, 0.3) is 0 Å². The minimum absolute atomic E-state index is 0.0696. The Bertz CT molecular complexity index is 1210. The summed E-state index contributed by atoms with van der Waals surface area (Å²) in [7, 11) is 0. The molecule has 0 aliphatic carbocycles.